The number of halogens is 2. The molecule has 0 saturated heterocycles. The van der Waals surface area contributed by atoms with Gasteiger partial charge in [0.25, 0.3) is 5.91 Å². The van der Waals surface area contributed by atoms with Crippen LogP contribution in [0.2, 0.25) is 0 Å². The molecule has 9 heteroatoms. The number of nitrogens with two attached hydrogens (primary N) is 1. The number of thiophene rings is 1. The lowest BCUT2D eigenvalue weighted by Crippen LogP contribution is -2.11. The van der Waals surface area contributed by atoms with E-state index in [0.717, 1.165) is 23.5 Å². The fraction of sp³-hybridized carbons (Fsp3) is 0.211. The molecule has 1 amide bonds. The van der Waals surface area contributed by atoms with Crippen molar-refractivity contribution in [3.05, 3.63) is 59.0 Å². The van der Waals surface area contributed by atoms with Gasteiger partial charge in [-0.25, -0.2) is 18.7 Å². The van der Waals surface area contributed by atoms with Crippen LogP contribution >= 0.6 is 11.3 Å². The fourth-order valence-electron chi connectivity index (χ4n) is 2.69. The quantitative estimate of drug-likeness (QED) is 0.575. The van der Waals surface area contributed by atoms with Gasteiger partial charge in [-0.05, 0) is 43.2 Å². The lowest BCUT2D eigenvalue weighted by molar-refractivity contribution is 0.100. The molecule has 6 nitrogen and oxygen atoms in total. The second-order valence-electron chi connectivity index (χ2n) is 6.12. The SMILES string of the molecule is CCC(O)c1cc(F)c(-c2cc(C(N)=O)c(Nc3ccnc(C)n3)s2)c(F)c1. The zero-order valence-corrected chi connectivity index (χ0v) is 16.0. The molecule has 0 spiro atoms. The molecule has 1 atom stereocenters. The molecule has 0 bridgehead atoms. The number of aliphatic hydroxyl groups excluding tert-OH is 1. The Bertz CT molecular complexity index is 1020. The molecular formula is C19H18F2N4O2S. The highest BCUT2D eigenvalue weighted by molar-refractivity contribution is 7.20. The van der Waals surface area contributed by atoms with E-state index in [0.29, 0.717) is 23.1 Å². The zero-order valence-electron chi connectivity index (χ0n) is 15.2. The minimum Gasteiger partial charge on any atom is -0.388 e. The molecule has 1 unspecified atom stereocenters. The predicted octanol–water partition coefficient (Wildman–Crippen LogP) is 4.08. The molecule has 3 aromatic rings. The van der Waals surface area contributed by atoms with Crippen molar-refractivity contribution in [2.75, 3.05) is 5.32 Å². The minimum absolute atomic E-state index is 0.0905. The molecule has 28 heavy (non-hydrogen) atoms. The van der Waals surface area contributed by atoms with Gasteiger partial charge in [0.05, 0.1) is 17.2 Å². The van der Waals surface area contributed by atoms with Crippen LogP contribution in [-0.4, -0.2) is 21.0 Å². The van der Waals surface area contributed by atoms with Crippen LogP contribution < -0.4 is 11.1 Å². The Labute approximate surface area is 164 Å². The Morgan fingerprint density at radius 1 is 1.32 bits per heavy atom. The lowest BCUT2D eigenvalue weighted by atomic mass is 10.0. The van der Waals surface area contributed by atoms with Gasteiger partial charge in [0, 0.05) is 11.1 Å². The average Bonchev–Trinajstić information content (AvgIpc) is 3.04. The van der Waals surface area contributed by atoms with Crippen LogP contribution in [0.25, 0.3) is 10.4 Å². The molecule has 2 heterocycles. The number of aliphatic hydroxyl groups is 1. The van der Waals surface area contributed by atoms with Gasteiger partial charge in [0.1, 0.15) is 28.3 Å². The number of carbonyl (C=O) groups excluding carboxylic acids is 1. The van der Waals surface area contributed by atoms with Gasteiger partial charge in [0.15, 0.2) is 0 Å². The summed E-state index contributed by atoms with van der Waals surface area (Å²) in [5.74, 6) is -1.46. The highest BCUT2D eigenvalue weighted by Crippen LogP contribution is 2.39. The van der Waals surface area contributed by atoms with Crippen LogP contribution in [0.3, 0.4) is 0 Å². The molecule has 0 fully saturated rings. The summed E-state index contributed by atoms with van der Waals surface area (Å²) in [5, 5.41) is 13.1. The Hall–Kier alpha value is -2.91. The van der Waals surface area contributed by atoms with Crippen molar-refractivity contribution >= 4 is 28.1 Å². The third kappa shape index (κ3) is 4.00. The molecular weight excluding hydrogens is 386 g/mol. The van der Waals surface area contributed by atoms with Crippen molar-refractivity contribution in [2.24, 2.45) is 5.73 Å². The Morgan fingerprint density at radius 3 is 2.57 bits per heavy atom. The van der Waals surface area contributed by atoms with Crippen LogP contribution in [0.5, 0.6) is 0 Å². The second-order valence-corrected chi connectivity index (χ2v) is 7.17. The van der Waals surface area contributed by atoms with Crippen LogP contribution in [0.4, 0.5) is 19.6 Å². The molecule has 3 rings (SSSR count). The number of primary amides is 1. The zero-order chi connectivity index (χ0) is 20.4. The van der Waals surface area contributed by atoms with E-state index in [2.05, 4.69) is 15.3 Å². The van der Waals surface area contributed by atoms with Crippen molar-refractivity contribution < 1.29 is 18.7 Å². The van der Waals surface area contributed by atoms with Crippen LogP contribution in [0, 0.1) is 18.6 Å². The number of nitrogens with one attached hydrogen (secondary N) is 1. The molecule has 4 N–H and O–H groups in total. The first-order chi connectivity index (χ1) is 13.3. The largest absolute Gasteiger partial charge is 0.388 e. The molecule has 2 aromatic heterocycles. The van der Waals surface area contributed by atoms with Gasteiger partial charge >= 0.3 is 0 Å². The van der Waals surface area contributed by atoms with Gasteiger partial charge < -0.3 is 16.2 Å². The van der Waals surface area contributed by atoms with Gasteiger partial charge in [-0.2, -0.15) is 0 Å². The van der Waals surface area contributed by atoms with Gasteiger partial charge in [0.2, 0.25) is 0 Å². The van der Waals surface area contributed by atoms with Gasteiger partial charge in [-0.15, -0.1) is 11.3 Å². The number of rotatable bonds is 6. The molecule has 0 aliphatic heterocycles. The van der Waals surface area contributed by atoms with Crippen molar-refractivity contribution in [1.82, 2.24) is 9.97 Å². The normalized spacial score (nSPS) is 12.0. The molecule has 0 aliphatic rings. The van der Waals surface area contributed by atoms with Gasteiger partial charge in [-0.1, -0.05) is 6.92 Å². The minimum atomic E-state index is -0.958. The Morgan fingerprint density at radius 2 is 2.00 bits per heavy atom. The molecule has 0 saturated carbocycles. The third-order valence-electron chi connectivity index (χ3n) is 4.10. The van der Waals surface area contributed by atoms with Crippen molar-refractivity contribution in [3.63, 3.8) is 0 Å². The van der Waals surface area contributed by atoms with Crippen molar-refractivity contribution in [3.8, 4) is 10.4 Å². The maximum absolute atomic E-state index is 14.6. The van der Waals surface area contributed by atoms with Crippen molar-refractivity contribution in [1.29, 1.82) is 0 Å². The third-order valence-corrected chi connectivity index (χ3v) is 5.17. The monoisotopic (exact) mass is 404 g/mol. The van der Waals surface area contributed by atoms with E-state index in [1.807, 2.05) is 0 Å². The van der Waals surface area contributed by atoms with E-state index in [-0.39, 0.29) is 21.6 Å². The summed E-state index contributed by atoms with van der Waals surface area (Å²) in [6.45, 7) is 3.41. The number of carbonyl (C=O) groups is 1. The van der Waals surface area contributed by atoms with Crippen LogP contribution in [0.15, 0.2) is 30.5 Å². The van der Waals surface area contributed by atoms with Crippen molar-refractivity contribution in [2.45, 2.75) is 26.4 Å². The summed E-state index contributed by atoms with van der Waals surface area (Å²) in [5.41, 5.74) is 5.38. The highest BCUT2D eigenvalue weighted by atomic mass is 32.1. The smallest absolute Gasteiger partial charge is 0.251 e. The molecule has 0 radical (unpaired) electrons. The maximum Gasteiger partial charge on any atom is 0.251 e. The molecule has 146 valence electrons. The summed E-state index contributed by atoms with van der Waals surface area (Å²) < 4.78 is 29.2. The van der Waals surface area contributed by atoms with Crippen LogP contribution in [-0.2, 0) is 0 Å². The number of hydrogen-bond donors (Lipinski definition) is 3. The topological polar surface area (TPSA) is 101 Å². The number of amides is 1. The maximum atomic E-state index is 14.6. The first-order valence-electron chi connectivity index (χ1n) is 8.47. The van der Waals surface area contributed by atoms with E-state index in [1.165, 1.54) is 6.07 Å². The summed E-state index contributed by atoms with van der Waals surface area (Å²) >= 11 is 0.975. The van der Waals surface area contributed by atoms with E-state index in [9.17, 15) is 18.7 Å². The number of aromatic nitrogens is 2. The van der Waals surface area contributed by atoms with Gasteiger partial charge in [-0.3, -0.25) is 4.79 Å². The number of nitrogens with zero attached hydrogens (tertiary/aromatic N) is 2. The Balaban J connectivity index is 2.05. The van der Waals surface area contributed by atoms with E-state index in [1.54, 1.807) is 26.1 Å². The summed E-state index contributed by atoms with van der Waals surface area (Å²) in [6.07, 6.45) is 0.913. The summed E-state index contributed by atoms with van der Waals surface area (Å²) in [7, 11) is 0. The number of hydrogen-bond acceptors (Lipinski definition) is 6. The molecule has 0 aliphatic carbocycles. The molecule has 1 aromatic carbocycles. The highest BCUT2D eigenvalue weighted by Gasteiger charge is 2.22. The van der Waals surface area contributed by atoms with E-state index in [4.69, 9.17) is 5.73 Å². The standard InChI is InChI=1S/C19H18F2N4O2S/c1-3-14(26)10-6-12(20)17(13(21)7-10)15-8-11(18(22)27)19(28-15)25-16-4-5-23-9(2)24-16/h4-8,14,26H,3H2,1-2H3,(H2,22,27)(H,23,24,25). The average molecular weight is 404 g/mol. The second kappa shape index (κ2) is 7.99. The predicted molar refractivity (Wildman–Crippen MR) is 103 cm³/mol. The van der Waals surface area contributed by atoms with Crippen LogP contribution in [0.1, 0.15) is 41.2 Å². The summed E-state index contributed by atoms with van der Waals surface area (Å²) in [6, 6.07) is 5.12. The number of benzene rings is 1. The first kappa shape index (κ1) is 19.8. The number of aryl methyl sites for hydroxylation is 1. The first-order valence-corrected chi connectivity index (χ1v) is 9.29. The van der Waals surface area contributed by atoms with E-state index < -0.39 is 23.6 Å². The number of anilines is 2. The Kier molecular flexibility index (Phi) is 5.66. The lowest BCUT2D eigenvalue weighted by Gasteiger charge is -2.11. The summed E-state index contributed by atoms with van der Waals surface area (Å²) in [4.78, 5) is 20.2. The fourth-order valence-corrected chi connectivity index (χ4v) is 3.81. The van der Waals surface area contributed by atoms with E-state index >= 15 is 0 Å².